The predicted octanol–water partition coefficient (Wildman–Crippen LogP) is 2.08. The van der Waals surface area contributed by atoms with E-state index in [-0.39, 0.29) is 5.92 Å². The molecular weight excluding hydrogens is 168 g/mol. The molecule has 1 N–H and O–H groups in total. The Hall–Kier alpha value is -1.35. The Kier molecular flexibility index (Phi) is 3.46. The van der Waals surface area contributed by atoms with Crippen molar-refractivity contribution in [2.75, 3.05) is 0 Å². The van der Waals surface area contributed by atoms with Crippen molar-refractivity contribution in [1.29, 1.82) is 0 Å². The molecule has 0 bridgehead atoms. The summed E-state index contributed by atoms with van der Waals surface area (Å²) in [7, 11) is 0. The van der Waals surface area contributed by atoms with E-state index in [1.54, 1.807) is 13.0 Å². The lowest BCUT2D eigenvalue weighted by Gasteiger charge is -2.07. The van der Waals surface area contributed by atoms with Crippen LogP contribution in [-0.4, -0.2) is 11.2 Å². The van der Waals surface area contributed by atoms with E-state index in [0.717, 1.165) is 6.42 Å². The van der Waals surface area contributed by atoms with Gasteiger partial charge in [0.05, 0.1) is 0 Å². The minimum atomic E-state index is -0.692. The molecular formula is C10H12O3. The molecule has 0 aromatic carbocycles. The van der Waals surface area contributed by atoms with E-state index >= 15 is 0 Å². The molecule has 0 amide bonds. The van der Waals surface area contributed by atoms with Crippen LogP contribution in [0.15, 0.2) is 36.0 Å². The first-order chi connectivity index (χ1) is 6.24. The van der Waals surface area contributed by atoms with Crippen molar-refractivity contribution in [3.8, 4) is 0 Å². The number of carbonyl (C=O) groups excluding carboxylic acids is 1. The zero-order valence-corrected chi connectivity index (χ0v) is 7.43. The topological polar surface area (TPSA) is 46.5 Å². The van der Waals surface area contributed by atoms with Crippen molar-refractivity contribution in [3.05, 3.63) is 36.0 Å². The third-order valence-electron chi connectivity index (χ3n) is 1.88. The normalized spacial score (nSPS) is 21.7. The van der Waals surface area contributed by atoms with E-state index in [9.17, 15) is 4.79 Å². The fourth-order valence-corrected chi connectivity index (χ4v) is 1.18. The summed E-state index contributed by atoms with van der Waals surface area (Å²) >= 11 is 0. The Bertz CT molecular complexity index is 274. The maximum atomic E-state index is 10.8. The van der Waals surface area contributed by atoms with Crippen LogP contribution in [0.3, 0.4) is 0 Å². The van der Waals surface area contributed by atoms with Crippen molar-refractivity contribution < 1.29 is 14.9 Å². The second-order valence-electron chi connectivity index (χ2n) is 2.94. The van der Waals surface area contributed by atoms with Gasteiger partial charge in [-0.3, -0.25) is 4.89 Å². The second kappa shape index (κ2) is 4.62. The summed E-state index contributed by atoms with van der Waals surface area (Å²) in [5, 5.41) is 8.11. The first kappa shape index (κ1) is 9.74. The smallest absolute Gasteiger partial charge is 0.296 e. The maximum absolute atomic E-state index is 10.8. The van der Waals surface area contributed by atoms with Gasteiger partial charge in [0.15, 0.2) is 0 Å². The maximum Gasteiger partial charge on any atom is 0.368 e. The van der Waals surface area contributed by atoms with Gasteiger partial charge in [0.2, 0.25) is 0 Å². The monoisotopic (exact) mass is 180 g/mol. The van der Waals surface area contributed by atoms with Crippen LogP contribution in [0.5, 0.6) is 0 Å². The largest absolute Gasteiger partial charge is 0.368 e. The highest BCUT2D eigenvalue weighted by Gasteiger charge is 2.08. The SMILES string of the molecule is CC(=CC1C=CC=CC1)C(=O)OO. The Labute approximate surface area is 76.9 Å². The van der Waals surface area contributed by atoms with Crippen LogP contribution in [0.4, 0.5) is 0 Å². The molecule has 0 aromatic rings. The molecule has 0 saturated carbocycles. The van der Waals surface area contributed by atoms with E-state index in [2.05, 4.69) is 4.89 Å². The third-order valence-corrected chi connectivity index (χ3v) is 1.88. The van der Waals surface area contributed by atoms with Crippen molar-refractivity contribution in [2.45, 2.75) is 13.3 Å². The van der Waals surface area contributed by atoms with Crippen LogP contribution in [-0.2, 0) is 9.68 Å². The predicted molar refractivity (Wildman–Crippen MR) is 48.9 cm³/mol. The highest BCUT2D eigenvalue weighted by Crippen LogP contribution is 2.15. The molecule has 0 heterocycles. The van der Waals surface area contributed by atoms with Gasteiger partial charge in [-0.05, 0) is 19.3 Å². The zero-order chi connectivity index (χ0) is 9.68. The van der Waals surface area contributed by atoms with E-state index in [1.165, 1.54) is 0 Å². The van der Waals surface area contributed by atoms with Crippen LogP contribution in [0.2, 0.25) is 0 Å². The summed E-state index contributed by atoms with van der Waals surface area (Å²) in [4.78, 5) is 14.4. The van der Waals surface area contributed by atoms with Gasteiger partial charge in [-0.15, -0.1) is 0 Å². The van der Waals surface area contributed by atoms with Gasteiger partial charge in [-0.2, -0.15) is 5.26 Å². The number of hydrogen-bond acceptors (Lipinski definition) is 3. The quantitative estimate of drug-likeness (QED) is 0.402. The minimum Gasteiger partial charge on any atom is -0.296 e. The summed E-state index contributed by atoms with van der Waals surface area (Å²) in [5.74, 6) is -0.466. The second-order valence-corrected chi connectivity index (χ2v) is 2.94. The Morgan fingerprint density at radius 1 is 1.62 bits per heavy atom. The molecule has 70 valence electrons. The third kappa shape index (κ3) is 2.87. The van der Waals surface area contributed by atoms with E-state index < -0.39 is 5.97 Å². The number of rotatable bonds is 2. The molecule has 3 heteroatoms. The molecule has 0 aromatic heterocycles. The van der Waals surface area contributed by atoms with Crippen LogP contribution in [0.1, 0.15) is 13.3 Å². The fraction of sp³-hybridized carbons (Fsp3) is 0.300. The van der Waals surface area contributed by atoms with Crippen molar-refractivity contribution in [1.82, 2.24) is 0 Å². The van der Waals surface area contributed by atoms with Gasteiger partial charge >= 0.3 is 5.97 Å². The molecule has 1 aliphatic rings. The highest BCUT2D eigenvalue weighted by molar-refractivity contribution is 5.87. The zero-order valence-electron chi connectivity index (χ0n) is 7.43. The number of hydrogen-bond donors (Lipinski definition) is 1. The van der Waals surface area contributed by atoms with Gasteiger partial charge < -0.3 is 0 Å². The van der Waals surface area contributed by atoms with Gasteiger partial charge in [0, 0.05) is 5.57 Å². The lowest BCUT2D eigenvalue weighted by atomic mass is 9.98. The molecule has 13 heavy (non-hydrogen) atoms. The molecule has 0 radical (unpaired) electrons. The lowest BCUT2D eigenvalue weighted by Crippen LogP contribution is -2.04. The standard InChI is InChI=1S/C10H12O3/c1-8(10(11)13-12)7-9-5-3-2-4-6-9/h2-5,7,9,12H,6H2,1H3. The summed E-state index contributed by atoms with van der Waals surface area (Å²) in [6, 6.07) is 0. The molecule has 3 nitrogen and oxygen atoms in total. The first-order valence-corrected chi connectivity index (χ1v) is 4.11. The van der Waals surface area contributed by atoms with E-state index in [4.69, 9.17) is 5.26 Å². The Balaban J connectivity index is 2.59. The summed E-state index contributed by atoms with van der Waals surface area (Å²) in [6.45, 7) is 1.62. The average molecular weight is 180 g/mol. The van der Waals surface area contributed by atoms with Crippen LogP contribution >= 0.6 is 0 Å². The summed E-state index contributed by atoms with van der Waals surface area (Å²) in [5.41, 5.74) is 0.424. The average Bonchev–Trinajstić information content (AvgIpc) is 2.18. The van der Waals surface area contributed by atoms with Crippen molar-refractivity contribution in [2.24, 2.45) is 5.92 Å². The Morgan fingerprint density at radius 2 is 2.38 bits per heavy atom. The molecule has 0 fully saturated rings. The summed E-state index contributed by atoms with van der Waals surface area (Å²) < 4.78 is 0. The molecule has 1 unspecified atom stereocenters. The molecule has 0 aliphatic heterocycles. The Morgan fingerprint density at radius 3 is 2.92 bits per heavy atom. The molecule has 0 spiro atoms. The number of carbonyl (C=O) groups is 1. The van der Waals surface area contributed by atoms with Gasteiger partial charge in [-0.25, -0.2) is 4.79 Å². The summed E-state index contributed by atoms with van der Waals surface area (Å²) in [6.07, 6.45) is 10.6. The fourth-order valence-electron chi connectivity index (χ4n) is 1.18. The molecule has 1 rings (SSSR count). The first-order valence-electron chi connectivity index (χ1n) is 4.11. The van der Waals surface area contributed by atoms with Crippen molar-refractivity contribution >= 4 is 5.97 Å². The van der Waals surface area contributed by atoms with Gasteiger partial charge in [-0.1, -0.05) is 30.4 Å². The van der Waals surface area contributed by atoms with Crippen LogP contribution in [0, 0.1) is 5.92 Å². The molecule has 1 atom stereocenters. The van der Waals surface area contributed by atoms with E-state index in [1.807, 2.05) is 24.3 Å². The van der Waals surface area contributed by atoms with Gasteiger partial charge in [0.25, 0.3) is 0 Å². The van der Waals surface area contributed by atoms with E-state index in [0.29, 0.717) is 5.57 Å². The number of allylic oxidation sites excluding steroid dienone is 5. The lowest BCUT2D eigenvalue weighted by molar-refractivity contribution is -0.229. The minimum absolute atomic E-state index is 0.226. The van der Waals surface area contributed by atoms with Crippen molar-refractivity contribution in [3.63, 3.8) is 0 Å². The molecule has 1 aliphatic carbocycles. The van der Waals surface area contributed by atoms with Crippen LogP contribution in [0.25, 0.3) is 0 Å². The van der Waals surface area contributed by atoms with Gasteiger partial charge in [0.1, 0.15) is 0 Å². The molecule has 0 saturated heterocycles. The van der Waals surface area contributed by atoms with Crippen LogP contribution < -0.4 is 0 Å². The highest BCUT2D eigenvalue weighted by atomic mass is 17.1.